The summed E-state index contributed by atoms with van der Waals surface area (Å²) in [6.07, 6.45) is 4.88. The van der Waals surface area contributed by atoms with Crippen molar-refractivity contribution < 1.29 is 13.2 Å². The van der Waals surface area contributed by atoms with Crippen LogP contribution in [0.2, 0.25) is 0 Å². The van der Waals surface area contributed by atoms with Gasteiger partial charge in [0.2, 0.25) is 5.91 Å². The molecule has 8 nitrogen and oxygen atoms in total. The third kappa shape index (κ3) is 3.70. The monoisotopic (exact) mass is 341 g/mol. The fourth-order valence-corrected chi connectivity index (χ4v) is 4.54. The van der Waals surface area contributed by atoms with Crippen molar-refractivity contribution in [2.75, 3.05) is 5.75 Å². The minimum absolute atomic E-state index is 0.0956. The van der Waals surface area contributed by atoms with E-state index in [0.717, 1.165) is 32.1 Å². The second kappa shape index (κ2) is 6.18. The molecule has 1 saturated carbocycles. The Morgan fingerprint density at radius 1 is 1.17 bits per heavy atom. The van der Waals surface area contributed by atoms with E-state index in [-0.39, 0.29) is 29.8 Å². The van der Waals surface area contributed by atoms with E-state index in [4.69, 9.17) is 0 Å². The van der Waals surface area contributed by atoms with Gasteiger partial charge in [-0.25, -0.2) is 13.1 Å². The summed E-state index contributed by atoms with van der Waals surface area (Å²) in [5, 5.41) is 11.2. The number of tetrazole rings is 1. The first-order chi connectivity index (χ1) is 10.9. The molecular formula is C14H23N5O3S. The first-order valence-electron chi connectivity index (χ1n) is 8.16. The van der Waals surface area contributed by atoms with Crippen LogP contribution in [-0.4, -0.2) is 57.3 Å². The lowest BCUT2D eigenvalue weighted by Crippen LogP contribution is -2.49. The Morgan fingerprint density at radius 2 is 1.83 bits per heavy atom. The van der Waals surface area contributed by atoms with E-state index in [9.17, 15) is 13.2 Å². The lowest BCUT2D eigenvalue weighted by Gasteiger charge is -2.39. The summed E-state index contributed by atoms with van der Waals surface area (Å²) in [5.41, 5.74) is 0. The van der Waals surface area contributed by atoms with E-state index in [0.29, 0.717) is 5.82 Å². The Morgan fingerprint density at radius 3 is 2.43 bits per heavy atom. The van der Waals surface area contributed by atoms with Gasteiger partial charge in [-0.1, -0.05) is 0 Å². The smallest absolute Gasteiger partial charge is 0.238 e. The molecule has 23 heavy (non-hydrogen) atoms. The van der Waals surface area contributed by atoms with Gasteiger partial charge in [-0.05, 0) is 56.4 Å². The van der Waals surface area contributed by atoms with Gasteiger partial charge in [0, 0.05) is 12.1 Å². The number of nitrogens with zero attached hydrogens (tertiary/aromatic N) is 5. The van der Waals surface area contributed by atoms with Crippen LogP contribution in [0.4, 0.5) is 0 Å². The average molecular weight is 341 g/mol. The lowest BCUT2D eigenvalue weighted by atomic mass is 9.98. The van der Waals surface area contributed by atoms with Gasteiger partial charge in [-0.15, -0.1) is 5.10 Å². The van der Waals surface area contributed by atoms with Crippen molar-refractivity contribution in [3.05, 3.63) is 5.82 Å². The highest BCUT2D eigenvalue weighted by molar-refractivity contribution is 7.91. The third-order valence-corrected chi connectivity index (χ3v) is 6.01. The van der Waals surface area contributed by atoms with E-state index in [1.807, 2.05) is 13.8 Å². The molecule has 1 aliphatic carbocycles. The van der Waals surface area contributed by atoms with Crippen LogP contribution in [-0.2, 0) is 20.4 Å². The molecule has 2 aliphatic rings. The number of sulfone groups is 1. The van der Waals surface area contributed by atoms with Gasteiger partial charge in [0.05, 0.1) is 6.04 Å². The Hall–Kier alpha value is -1.51. The van der Waals surface area contributed by atoms with Crippen LogP contribution in [0.3, 0.4) is 0 Å². The summed E-state index contributed by atoms with van der Waals surface area (Å²) >= 11 is 0. The predicted molar refractivity (Wildman–Crippen MR) is 83.2 cm³/mol. The molecule has 0 unspecified atom stereocenters. The minimum Gasteiger partial charge on any atom is -0.336 e. The first-order valence-corrected chi connectivity index (χ1v) is 9.98. The predicted octanol–water partition coefficient (Wildman–Crippen LogP) is 0.712. The largest absolute Gasteiger partial charge is 0.336 e. The van der Waals surface area contributed by atoms with Crippen LogP contribution in [0, 0.1) is 0 Å². The quantitative estimate of drug-likeness (QED) is 0.782. The molecule has 0 bridgehead atoms. The van der Waals surface area contributed by atoms with E-state index in [1.165, 1.54) is 0 Å². The molecule has 128 valence electrons. The van der Waals surface area contributed by atoms with E-state index in [1.54, 1.807) is 9.58 Å². The van der Waals surface area contributed by atoms with Gasteiger partial charge in [-0.2, -0.15) is 0 Å². The van der Waals surface area contributed by atoms with Crippen LogP contribution in [0.15, 0.2) is 0 Å². The molecule has 0 aromatic carbocycles. The van der Waals surface area contributed by atoms with E-state index < -0.39 is 15.6 Å². The molecule has 1 saturated heterocycles. The zero-order chi connectivity index (χ0) is 16.6. The van der Waals surface area contributed by atoms with Gasteiger partial charge >= 0.3 is 0 Å². The number of amides is 1. The van der Waals surface area contributed by atoms with Gasteiger partial charge in [-0.3, -0.25) is 4.79 Å². The number of hydrogen-bond acceptors (Lipinski definition) is 6. The first kappa shape index (κ1) is 16.4. The van der Waals surface area contributed by atoms with E-state index >= 15 is 0 Å². The Labute approximate surface area is 136 Å². The molecule has 0 radical (unpaired) electrons. The summed E-state index contributed by atoms with van der Waals surface area (Å²) < 4.78 is 26.4. The number of hydrogen-bond donors (Lipinski definition) is 0. The molecule has 1 aliphatic heterocycles. The number of carbonyl (C=O) groups excluding carboxylic acids is 1. The minimum atomic E-state index is -3.58. The second-order valence-corrected chi connectivity index (χ2v) is 8.80. The Kier molecular flexibility index (Phi) is 4.39. The molecule has 2 fully saturated rings. The highest BCUT2D eigenvalue weighted by Gasteiger charge is 2.33. The summed E-state index contributed by atoms with van der Waals surface area (Å²) in [6, 6.07) is 0.407. The van der Waals surface area contributed by atoms with Crippen LogP contribution < -0.4 is 0 Å². The lowest BCUT2D eigenvalue weighted by molar-refractivity contribution is -0.134. The normalized spacial score (nSPS) is 25.6. The second-order valence-electron chi connectivity index (χ2n) is 6.73. The van der Waals surface area contributed by atoms with Crippen molar-refractivity contribution in [2.45, 2.75) is 69.8 Å². The van der Waals surface area contributed by atoms with Crippen molar-refractivity contribution in [3.8, 4) is 0 Å². The maximum Gasteiger partial charge on any atom is 0.238 e. The standard InChI is InChI=1S/C14H23N5O3S/c1-10-4-3-5-11(2)18(10)14(20)9-23(21,22)8-13-15-16-17-19(13)12-6-7-12/h10-12H,3-9H2,1-2H3/t10-,11-/m1/s1. The Balaban J connectivity index is 1.68. The summed E-state index contributed by atoms with van der Waals surface area (Å²) in [6.45, 7) is 3.96. The molecule has 2 atom stereocenters. The Bertz CT molecular complexity index is 672. The van der Waals surface area contributed by atoms with Gasteiger partial charge in [0.15, 0.2) is 15.7 Å². The molecule has 0 N–H and O–H groups in total. The number of piperidine rings is 1. The van der Waals surface area contributed by atoms with E-state index in [2.05, 4.69) is 15.5 Å². The van der Waals surface area contributed by atoms with Crippen LogP contribution in [0.5, 0.6) is 0 Å². The van der Waals surface area contributed by atoms with Gasteiger partial charge < -0.3 is 4.90 Å². The number of carbonyl (C=O) groups is 1. The maximum absolute atomic E-state index is 12.5. The number of likely N-dealkylation sites (tertiary alicyclic amines) is 1. The molecule has 2 heterocycles. The summed E-state index contributed by atoms with van der Waals surface area (Å²) in [4.78, 5) is 14.2. The topological polar surface area (TPSA) is 98.1 Å². The van der Waals surface area contributed by atoms with Gasteiger partial charge in [0.1, 0.15) is 11.5 Å². The van der Waals surface area contributed by atoms with Crippen molar-refractivity contribution in [2.24, 2.45) is 0 Å². The molecule has 1 aromatic rings. The molecule has 3 rings (SSSR count). The van der Waals surface area contributed by atoms with Crippen molar-refractivity contribution in [3.63, 3.8) is 0 Å². The molecule has 1 amide bonds. The zero-order valence-corrected chi connectivity index (χ0v) is 14.4. The third-order valence-electron chi connectivity index (χ3n) is 4.63. The van der Waals surface area contributed by atoms with Crippen molar-refractivity contribution in [1.29, 1.82) is 0 Å². The number of rotatable bonds is 5. The fraction of sp³-hybridized carbons (Fsp3) is 0.857. The number of aromatic nitrogens is 4. The fourth-order valence-electron chi connectivity index (χ4n) is 3.33. The molecule has 1 aromatic heterocycles. The van der Waals surface area contributed by atoms with Crippen molar-refractivity contribution >= 4 is 15.7 Å². The van der Waals surface area contributed by atoms with Crippen LogP contribution in [0.1, 0.15) is 57.8 Å². The molecular weight excluding hydrogens is 318 g/mol. The SMILES string of the molecule is C[C@@H]1CCC[C@@H](C)N1C(=O)CS(=O)(=O)Cc1nnnn1C1CC1. The van der Waals surface area contributed by atoms with Crippen molar-refractivity contribution in [1.82, 2.24) is 25.1 Å². The van der Waals surface area contributed by atoms with Crippen LogP contribution >= 0.6 is 0 Å². The van der Waals surface area contributed by atoms with Gasteiger partial charge in [0.25, 0.3) is 0 Å². The molecule has 0 spiro atoms. The summed E-state index contributed by atoms with van der Waals surface area (Å²) in [5.74, 6) is -0.729. The zero-order valence-electron chi connectivity index (χ0n) is 13.6. The maximum atomic E-state index is 12.5. The van der Waals surface area contributed by atoms with Crippen LogP contribution in [0.25, 0.3) is 0 Å². The molecule has 9 heteroatoms. The summed E-state index contributed by atoms with van der Waals surface area (Å²) in [7, 11) is -3.58. The highest BCUT2D eigenvalue weighted by Crippen LogP contribution is 2.34. The highest BCUT2D eigenvalue weighted by atomic mass is 32.2. The average Bonchev–Trinajstić information content (AvgIpc) is 3.18.